The molecule has 1 aromatic carbocycles. The van der Waals surface area contributed by atoms with Crippen LogP contribution in [0.4, 0.5) is 0 Å². The number of carbonyl (C=O) groups excluding carboxylic acids is 1. The molecule has 1 amide bonds. The number of benzene rings is 1. The Morgan fingerprint density at radius 3 is 2.73 bits per heavy atom. The molecule has 22 heavy (non-hydrogen) atoms. The molecule has 2 aliphatic rings. The van der Waals surface area contributed by atoms with Gasteiger partial charge in [-0.15, -0.1) is 12.4 Å². The van der Waals surface area contributed by atoms with Crippen LogP contribution in [-0.2, 0) is 4.79 Å². The van der Waals surface area contributed by atoms with Gasteiger partial charge in [-0.25, -0.2) is 0 Å². The highest BCUT2D eigenvalue weighted by Crippen LogP contribution is 2.36. The van der Waals surface area contributed by atoms with Gasteiger partial charge in [0.05, 0.1) is 0 Å². The molecule has 1 N–H and O–H groups in total. The number of hydrogen-bond acceptors (Lipinski definition) is 3. The van der Waals surface area contributed by atoms with E-state index in [9.17, 15) is 4.79 Å². The van der Waals surface area contributed by atoms with E-state index in [1.165, 1.54) is 6.42 Å². The first-order valence-corrected chi connectivity index (χ1v) is 7.92. The first-order valence-electron chi connectivity index (χ1n) is 7.54. The van der Waals surface area contributed by atoms with Crippen LogP contribution in [0.1, 0.15) is 19.3 Å². The molecule has 6 heteroatoms. The van der Waals surface area contributed by atoms with Crippen LogP contribution in [0.25, 0.3) is 0 Å². The van der Waals surface area contributed by atoms with Crippen LogP contribution in [-0.4, -0.2) is 43.6 Å². The highest BCUT2D eigenvalue weighted by molar-refractivity contribution is 6.30. The minimum absolute atomic E-state index is 0. The average Bonchev–Trinajstić information content (AvgIpc) is 2.94. The van der Waals surface area contributed by atoms with Crippen LogP contribution in [0.2, 0.25) is 5.02 Å². The Morgan fingerprint density at radius 2 is 2.09 bits per heavy atom. The lowest BCUT2D eigenvalue weighted by Crippen LogP contribution is -2.45. The van der Waals surface area contributed by atoms with E-state index in [-0.39, 0.29) is 24.9 Å². The van der Waals surface area contributed by atoms with Crippen molar-refractivity contribution in [3.05, 3.63) is 29.3 Å². The van der Waals surface area contributed by atoms with E-state index in [4.69, 9.17) is 16.3 Å². The van der Waals surface area contributed by atoms with Gasteiger partial charge in [-0.2, -0.15) is 0 Å². The fourth-order valence-corrected chi connectivity index (χ4v) is 3.43. The van der Waals surface area contributed by atoms with Gasteiger partial charge in [0.1, 0.15) is 5.75 Å². The molecule has 122 valence electrons. The molecule has 2 heterocycles. The molecule has 0 unspecified atom stereocenters. The summed E-state index contributed by atoms with van der Waals surface area (Å²) in [7, 11) is 0. The van der Waals surface area contributed by atoms with Gasteiger partial charge in [0.15, 0.2) is 6.61 Å². The van der Waals surface area contributed by atoms with Crippen LogP contribution in [0.3, 0.4) is 0 Å². The zero-order valence-corrected chi connectivity index (χ0v) is 14.1. The molecule has 0 saturated carbocycles. The second-order valence-corrected chi connectivity index (χ2v) is 6.49. The normalized spacial score (nSPS) is 19.8. The van der Waals surface area contributed by atoms with Crippen LogP contribution in [0.5, 0.6) is 5.75 Å². The number of carbonyl (C=O) groups is 1. The van der Waals surface area contributed by atoms with E-state index in [0.29, 0.717) is 16.2 Å². The second kappa shape index (κ2) is 7.53. The monoisotopic (exact) mass is 344 g/mol. The van der Waals surface area contributed by atoms with Crippen molar-refractivity contribution in [2.75, 3.05) is 32.8 Å². The third kappa shape index (κ3) is 4.06. The van der Waals surface area contributed by atoms with Gasteiger partial charge in [-0.1, -0.05) is 17.7 Å². The number of ether oxygens (including phenoxy) is 1. The predicted octanol–water partition coefficient (Wildman–Crippen LogP) is 2.74. The summed E-state index contributed by atoms with van der Waals surface area (Å²) in [6, 6.07) is 7.15. The number of rotatable bonds is 3. The molecule has 0 bridgehead atoms. The van der Waals surface area contributed by atoms with Gasteiger partial charge < -0.3 is 15.0 Å². The fourth-order valence-electron chi connectivity index (χ4n) is 3.25. The van der Waals surface area contributed by atoms with Crippen molar-refractivity contribution >= 4 is 29.9 Å². The summed E-state index contributed by atoms with van der Waals surface area (Å²) in [4.78, 5) is 14.1. The molecule has 3 rings (SSSR count). The Balaban J connectivity index is 0.00000176. The van der Waals surface area contributed by atoms with E-state index < -0.39 is 0 Å². The summed E-state index contributed by atoms with van der Waals surface area (Å²) in [5.41, 5.74) is 0.435. The zero-order valence-electron chi connectivity index (χ0n) is 12.5. The molecule has 0 atom stereocenters. The molecule has 4 nitrogen and oxygen atoms in total. The number of amides is 1. The van der Waals surface area contributed by atoms with Crippen molar-refractivity contribution < 1.29 is 9.53 Å². The minimum Gasteiger partial charge on any atom is -0.484 e. The molecule has 0 aliphatic carbocycles. The van der Waals surface area contributed by atoms with Gasteiger partial charge in [0, 0.05) is 24.7 Å². The lowest BCUT2D eigenvalue weighted by atomic mass is 9.78. The number of nitrogens with one attached hydrogen (secondary N) is 1. The maximum Gasteiger partial charge on any atom is 0.260 e. The highest BCUT2D eigenvalue weighted by Gasteiger charge is 2.37. The highest BCUT2D eigenvalue weighted by atomic mass is 35.5. The summed E-state index contributed by atoms with van der Waals surface area (Å²) < 4.78 is 5.53. The predicted molar refractivity (Wildman–Crippen MR) is 89.9 cm³/mol. The third-order valence-electron chi connectivity index (χ3n) is 4.67. The summed E-state index contributed by atoms with van der Waals surface area (Å²) in [5, 5.41) is 4.06. The molecule has 2 aliphatic heterocycles. The number of likely N-dealkylation sites (tertiary alicyclic amines) is 1. The Bertz CT molecular complexity index is 509. The first-order chi connectivity index (χ1) is 10.2. The maximum absolute atomic E-state index is 12.2. The standard InChI is InChI=1S/C16H21ClN2O2.ClH/c17-13-2-1-3-14(10-13)21-11-15(20)19-8-5-16(6-9-19)4-7-18-12-16;/h1-3,10,18H,4-9,11-12H2;1H. The topological polar surface area (TPSA) is 41.6 Å². The van der Waals surface area contributed by atoms with Gasteiger partial charge in [-0.3, -0.25) is 4.79 Å². The molecule has 0 aromatic heterocycles. The van der Waals surface area contributed by atoms with Crippen LogP contribution in [0.15, 0.2) is 24.3 Å². The minimum atomic E-state index is 0. The fraction of sp³-hybridized carbons (Fsp3) is 0.562. The summed E-state index contributed by atoms with van der Waals surface area (Å²) in [5.74, 6) is 0.708. The van der Waals surface area contributed by atoms with Crippen molar-refractivity contribution in [1.82, 2.24) is 10.2 Å². The van der Waals surface area contributed by atoms with Crippen molar-refractivity contribution in [2.45, 2.75) is 19.3 Å². The number of piperidine rings is 1. The summed E-state index contributed by atoms with van der Waals surface area (Å²) in [6.07, 6.45) is 3.44. The van der Waals surface area contributed by atoms with Crippen molar-refractivity contribution in [3.63, 3.8) is 0 Å². The van der Waals surface area contributed by atoms with E-state index >= 15 is 0 Å². The first kappa shape index (κ1) is 17.4. The number of nitrogens with zero attached hydrogens (tertiary/aromatic N) is 1. The molecule has 1 aromatic rings. The van der Waals surface area contributed by atoms with Gasteiger partial charge >= 0.3 is 0 Å². The number of halogens is 2. The average molecular weight is 345 g/mol. The Morgan fingerprint density at radius 1 is 1.32 bits per heavy atom. The quantitative estimate of drug-likeness (QED) is 0.916. The molecule has 2 saturated heterocycles. The zero-order chi connectivity index (χ0) is 14.7. The Hall–Kier alpha value is -0.970. The van der Waals surface area contributed by atoms with Crippen LogP contribution >= 0.6 is 24.0 Å². The van der Waals surface area contributed by atoms with E-state index in [1.807, 2.05) is 17.0 Å². The lowest BCUT2D eigenvalue weighted by Gasteiger charge is -2.38. The van der Waals surface area contributed by atoms with E-state index in [1.54, 1.807) is 12.1 Å². The molecular weight excluding hydrogens is 323 g/mol. The Labute approximate surface area is 142 Å². The summed E-state index contributed by atoms with van der Waals surface area (Å²) in [6.45, 7) is 4.00. The molecular formula is C16H22Cl2N2O2. The SMILES string of the molecule is Cl.O=C(COc1cccc(Cl)c1)N1CCC2(CCNC2)CC1. The van der Waals surface area contributed by atoms with Crippen LogP contribution in [0, 0.1) is 5.41 Å². The third-order valence-corrected chi connectivity index (χ3v) is 4.90. The van der Waals surface area contributed by atoms with Crippen molar-refractivity contribution in [2.24, 2.45) is 5.41 Å². The van der Waals surface area contributed by atoms with Crippen LogP contribution < -0.4 is 10.1 Å². The molecule has 2 fully saturated rings. The largest absolute Gasteiger partial charge is 0.484 e. The molecule has 1 spiro atoms. The lowest BCUT2D eigenvalue weighted by molar-refractivity contribution is -0.135. The van der Waals surface area contributed by atoms with E-state index in [0.717, 1.165) is 39.0 Å². The maximum atomic E-state index is 12.2. The number of hydrogen-bond donors (Lipinski definition) is 1. The van der Waals surface area contributed by atoms with Gasteiger partial charge in [0.2, 0.25) is 0 Å². The van der Waals surface area contributed by atoms with Gasteiger partial charge in [0.25, 0.3) is 5.91 Å². The smallest absolute Gasteiger partial charge is 0.260 e. The van der Waals surface area contributed by atoms with Crippen molar-refractivity contribution in [3.8, 4) is 5.75 Å². The van der Waals surface area contributed by atoms with Crippen molar-refractivity contribution in [1.29, 1.82) is 0 Å². The molecule has 0 radical (unpaired) electrons. The summed E-state index contributed by atoms with van der Waals surface area (Å²) >= 11 is 5.90. The van der Waals surface area contributed by atoms with E-state index in [2.05, 4.69) is 5.32 Å². The van der Waals surface area contributed by atoms with Gasteiger partial charge in [-0.05, 0) is 49.4 Å². The second-order valence-electron chi connectivity index (χ2n) is 6.05. The Kier molecular flexibility index (Phi) is 5.95.